The largest absolute Gasteiger partial charge is 0.503 e. The van der Waals surface area contributed by atoms with Crippen molar-refractivity contribution in [2.45, 2.75) is 20.0 Å². The van der Waals surface area contributed by atoms with E-state index in [1.165, 1.54) is 0 Å². The molecule has 2 rings (SSSR count). The molecule has 25 heavy (non-hydrogen) atoms. The van der Waals surface area contributed by atoms with Crippen molar-refractivity contribution >= 4 is 0 Å². The van der Waals surface area contributed by atoms with Gasteiger partial charge < -0.3 is 30.0 Å². The van der Waals surface area contributed by atoms with Gasteiger partial charge in [-0.05, 0) is 26.0 Å². The van der Waals surface area contributed by atoms with Crippen LogP contribution in [0.3, 0.4) is 0 Å². The number of aliphatic hydroxyl groups excluding tert-OH is 1. The lowest BCUT2D eigenvalue weighted by Crippen LogP contribution is -2.34. The second-order valence-corrected chi connectivity index (χ2v) is 5.71. The maximum atomic E-state index is 11.9. The minimum absolute atomic E-state index is 0.0227. The number of benzene rings is 1. The Kier molecular flexibility index (Phi) is 6.85. The first-order chi connectivity index (χ1) is 12.0. The molecule has 1 unspecified atom stereocenters. The molecule has 0 saturated heterocycles. The van der Waals surface area contributed by atoms with Gasteiger partial charge >= 0.3 is 0 Å². The minimum Gasteiger partial charge on any atom is -0.503 e. The molecule has 1 heterocycles. The van der Waals surface area contributed by atoms with Gasteiger partial charge in [-0.25, -0.2) is 0 Å². The number of hydrogen-bond donors (Lipinski definition) is 4. The van der Waals surface area contributed by atoms with Crippen molar-refractivity contribution < 1.29 is 19.7 Å². The molecule has 1 aromatic carbocycles. The molecule has 0 amide bonds. The summed E-state index contributed by atoms with van der Waals surface area (Å²) in [6.45, 7) is 4.56. The summed E-state index contributed by atoms with van der Waals surface area (Å²) in [5, 5.41) is 22.6. The average Bonchev–Trinajstić information content (AvgIpc) is 2.60. The second-order valence-electron chi connectivity index (χ2n) is 5.71. The zero-order valence-electron chi connectivity index (χ0n) is 14.4. The Balaban J connectivity index is 1.70. The first-order valence-corrected chi connectivity index (χ1v) is 8.11. The zero-order valence-corrected chi connectivity index (χ0v) is 14.4. The number of aromatic nitrogens is 1. The van der Waals surface area contributed by atoms with Crippen LogP contribution >= 0.6 is 0 Å². The summed E-state index contributed by atoms with van der Waals surface area (Å²) in [5.74, 6) is 0.447. The number of ether oxygens (including phenoxy) is 2. The molecule has 0 radical (unpaired) electrons. The molecule has 2 aromatic rings. The van der Waals surface area contributed by atoms with Crippen molar-refractivity contribution in [1.29, 1.82) is 0 Å². The van der Waals surface area contributed by atoms with Gasteiger partial charge in [-0.2, -0.15) is 0 Å². The van der Waals surface area contributed by atoms with Crippen LogP contribution in [0.5, 0.6) is 17.2 Å². The second kappa shape index (κ2) is 9.10. The van der Waals surface area contributed by atoms with Crippen LogP contribution in [0.1, 0.15) is 11.4 Å². The van der Waals surface area contributed by atoms with Crippen molar-refractivity contribution in [3.63, 3.8) is 0 Å². The molecule has 0 aliphatic carbocycles. The number of nitrogens with one attached hydrogen (secondary N) is 2. The van der Waals surface area contributed by atoms with Crippen LogP contribution in [-0.2, 0) is 0 Å². The summed E-state index contributed by atoms with van der Waals surface area (Å²) >= 11 is 0. The van der Waals surface area contributed by atoms with Gasteiger partial charge in [0.05, 0.1) is 11.4 Å². The third-order valence-electron chi connectivity index (χ3n) is 3.58. The highest BCUT2D eigenvalue weighted by atomic mass is 16.5. The Morgan fingerprint density at radius 3 is 2.60 bits per heavy atom. The molecule has 0 bridgehead atoms. The molecule has 0 saturated carbocycles. The predicted molar refractivity (Wildman–Crippen MR) is 94.5 cm³/mol. The monoisotopic (exact) mass is 348 g/mol. The van der Waals surface area contributed by atoms with E-state index in [0.717, 1.165) is 5.75 Å². The third kappa shape index (κ3) is 5.51. The van der Waals surface area contributed by atoms with E-state index in [2.05, 4.69) is 10.3 Å². The molecule has 0 spiro atoms. The molecule has 136 valence electrons. The lowest BCUT2D eigenvalue weighted by atomic mass is 10.2. The van der Waals surface area contributed by atoms with Gasteiger partial charge in [0.1, 0.15) is 25.1 Å². The molecule has 0 aliphatic rings. The quantitative estimate of drug-likeness (QED) is 0.506. The number of pyridine rings is 1. The number of aryl methyl sites for hydroxylation is 2. The number of rotatable bonds is 9. The smallest absolute Gasteiger partial charge is 0.265 e. The van der Waals surface area contributed by atoms with E-state index in [1.807, 2.05) is 30.3 Å². The number of para-hydroxylation sites is 1. The Morgan fingerprint density at radius 1 is 1.16 bits per heavy atom. The van der Waals surface area contributed by atoms with E-state index < -0.39 is 11.5 Å². The molecular weight excluding hydrogens is 324 g/mol. The van der Waals surface area contributed by atoms with Crippen LogP contribution in [0, 0.1) is 13.8 Å². The number of hydrogen-bond acceptors (Lipinski definition) is 6. The number of H-pyrrole nitrogens is 1. The van der Waals surface area contributed by atoms with Gasteiger partial charge in [0.2, 0.25) is 0 Å². The summed E-state index contributed by atoms with van der Waals surface area (Å²) in [4.78, 5) is 14.8. The van der Waals surface area contributed by atoms with Gasteiger partial charge in [0.15, 0.2) is 11.5 Å². The van der Waals surface area contributed by atoms with Gasteiger partial charge in [-0.1, -0.05) is 18.2 Å². The number of aliphatic hydroxyl groups is 1. The van der Waals surface area contributed by atoms with Crippen LogP contribution in [0.15, 0.2) is 35.1 Å². The molecule has 1 atom stereocenters. The van der Waals surface area contributed by atoms with Crippen molar-refractivity contribution in [2.24, 2.45) is 0 Å². The van der Waals surface area contributed by atoms with Crippen molar-refractivity contribution in [2.75, 3.05) is 26.3 Å². The van der Waals surface area contributed by atoms with E-state index in [4.69, 9.17) is 9.47 Å². The van der Waals surface area contributed by atoms with Crippen LogP contribution in [-0.4, -0.2) is 47.6 Å². The molecule has 0 fully saturated rings. The maximum Gasteiger partial charge on any atom is 0.265 e. The molecule has 7 heteroatoms. The van der Waals surface area contributed by atoms with Crippen LogP contribution in [0.4, 0.5) is 0 Å². The van der Waals surface area contributed by atoms with Gasteiger partial charge in [-0.15, -0.1) is 0 Å². The lowest BCUT2D eigenvalue weighted by molar-refractivity contribution is 0.104. The molecule has 0 aliphatic heterocycles. The average molecular weight is 348 g/mol. The lowest BCUT2D eigenvalue weighted by Gasteiger charge is -2.15. The van der Waals surface area contributed by atoms with Crippen molar-refractivity contribution in [1.82, 2.24) is 10.3 Å². The van der Waals surface area contributed by atoms with E-state index in [9.17, 15) is 15.0 Å². The Labute approximate surface area is 146 Å². The standard InChI is InChI=1S/C18H24N2O5/c1-12-16(22)17(23)18(13(2)20-12)25-11-14(21)10-19-8-9-24-15-6-4-3-5-7-15/h3-7,14,19,21-22H,8-11H2,1-2H3,(H,20,23). The third-order valence-corrected chi connectivity index (χ3v) is 3.58. The highest BCUT2D eigenvalue weighted by molar-refractivity contribution is 5.38. The van der Waals surface area contributed by atoms with Crippen LogP contribution < -0.4 is 20.2 Å². The fourth-order valence-corrected chi connectivity index (χ4v) is 2.28. The summed E-state index contributed by atoms with van der Waals surface area (Å²) in [6, 6.07) is 9.47. The Hall–Kier alpha value is -2.51. The van der Waals surface area contributed by atoms with E-state index in [-0.39, 0.29) is 18.1 Å². The summed E-state index contributed by atoms with van der Waals surface area (Å²) in [6.07, 6.45) is -0.793. The minimum atomic E-state index is -0.793. The Morgan fingerprint density at radius 2 is 1.88 bits per heavy atom. The first-order valence-electron chi connectivity index (χ1n) is 8.11. The summed E-state index contributed by atoms with van der Waals surface area (Å²) in [5.41, 5.74) is 0.317. The number of aromatic amines is 1. The highest BCUT2D eigenvalue weighted by Crippen LogP contribution is 2.17. The molecule has 1 aromatic heterocycles. The van der Waals surface area contributed by atoms with Crippen molar-refractivity contribution in [3.05, 3.63) is 51.9 Å². The van der Waals surface area contributed by atoms with Gasteiger partial charge in [-0.3, -0.25) is 4.79 Å². The normalized spacial score (nSPS) is 12.0. The van der Waals surface area contributed by atoms with E-state index >= 15 is 0 Å². The maximum absolute atomic E-state index is 11.9. The van der Waals surface area contributed by atoms with Crippen LogP contribution in [0.2, 0.25) is 0 Å². The molecule has 7 nitrogen and oxygen atoms in total. The molecular formula is C18H24N2O5. The topological polar surface area (TPSA) is 104 Å². The highest BCUT2D eigenvalue weighted by Gasteiger charge is 2.14. The summed E-state index contributed by atoms with van der Waals surface area (Å²) in [7, 11) is 0. The van der Waals surface area contributed by atoms with Gasteiger partial charge in [0, 0.05) is 13.1 Å². The van der Waals surface area contributed by atoms with Crippen molar-refractivity contribution in [3.8, 4) is 17.2 Å². The van der Waals surface area contributed by atoms with E-state index in [1.54, 1.807) is 13.8 Å². The van der Waals surface area contributed by atoms with E-state index in [0.29, 0.717) is 31.1 Å². The Bertz CT molecular complexity index is 730. The fraction of sp³-hybridized carbons (Fsp3) is 0.389. The predicted octanol–water partition coefficient (Wildman–Crippen LogP) is 1.11. The van der Waals surface area contributed by atoms with Gasteiger partial charge in [0.25, 0.3) is 5.43 Å². The van der Waals surface area contributed by atoms with Crippen LogP contribution in [0.25, 0.3) is 0 Å². The SMILES string of the molecule is Cc1[nH]c(C)c(OCC(O)CNCCOc2ccccc2)c(=O)c1O. The summed E-state index contributed by atoms with van der Waals surface area (Å²) < 4.78 is 10.9. The first kappa shape index (κ1) is 18.8. The zero-order chi connectivity index (χ0) is 18.2. The molecule has 4 N–H and O–H groups in total. The number of aromatic hydroxyl groups is 1. The fourth-order valence-electron chi connectivity index (χ4n) is 2.28.